The summed E-state index contributed by atoms with van der Waals surface area (Å²) in [5.74, 6) is -0.205. The van der Waals surface area contributed by atoms with Gasteiger partial charge in [-0.1, -0.05) is 24.3 Å². The van der Waals surface area contributed by atoms with E-state index in [2.05, 4.69) is 17.4 Å². The van der Waals surface area contributed by atoms with Gasteiger partial charge in [-0.3, -0.25) is 0 Å². The molecule has 0 saturated carbocycles. The van der Waals surface area contributed by atoms with Crippen LogP contribution in [0.25, 0.3) is 0 Å². The largest absolute Gasteiger partial charge is 0.388 e. The molecule has 2 nitrogen and oxygen atoms in total. The molecule has 0 bridgehead atoms. The molecule has 2 aromatic rings. The third-order valence-corrected chi connectivity index (χ3v) is 3.80. The molecule has 1 aliphatic rings. The Balaban J connectivity index is 2.05. The van der Waals surface area contributed by atoms with Gasteiger partial charge in [0.1, 0.15) is 5.82 Å². The fourth-order valence-electron chi connectivity index (χ4n) is 2.55. The molecule has 1 fully saturated rings. The summed E-state index contributed by atoms with van der Waals surface area (Å²) in [6.45, 7) is 1.29. The third-order valence-electron chi connectivity index (χ3n) is 3.80. The van der Waals surface area contributed by atoms with E-state index in [9.17, 15) is 4.39 Å². The van der Waals surface area contributed by atoms with E-state index < -0.39 is 0 Å². The lowest BCUT2D eigenvalue weighted by Crippen LogP contribution is -2.47. The van der Waals surface area contributed by atoms with Gasteiger partial charge in [0.15, 0.2) is 0 Å². The zero-order valence-electron chi connectivity index (χ0n) is 10.8. The van der Waals surface area contributed by atoms with Gasteiger partial charge in [-0.15, -0.1) is 0 Å². The van der Waals surface area contributed by atoms with Crippen molar-refractivity contribution < 1.29 is 9.13 Å². The number of rotatable bonds is 3. The molecular weight excluding hydrogens is 241 g/mol. The van der Waals surface area contributed by atoms with Crippen molar-refractivity contribution in [3.05, 3.63) is 65.5 Å². The first-order valence-corrected chi connectivity index (χ1v) is 6.37. The van der Waals surface area contributed by atoms with Crippen LogP contribution in [-0.4, -0.2) is 20.3 Å². The summed E-state index contributed by atoms with van der Waals surface area (Å²) in [6, 6.07) is 15.0. The van der Waals surface area contributed by atoms with Crippen LogP contribution < -0.4 is 5.32 Å². The second-order valence-corrected chi connectivity index (χ2v) is 4.91. The predicted octanol–water partition coefficient (Wildman–Crippen LogP) is 3.18. The van der Waals surface area contributed by atoms with Crippen molar-refractivity contribution in [2.45, 2.75) is 5.41 Å². The Morgan fingerprint density at radius 1 is 1.05 bits per heavy atom. The van der Waals surface area contributed by atoms with Crippen LogP contribution >= 0.6 is 0 Å². The third kappa shape index (κ3) is 2.00. The molecule has 0 unspecified atom stereocenters. The van der Waals surface area contributed by atoms with Crippen LogP contribution in [0.15, 0.2) is 48.5 Å². The Labute approximate surface area is 112 Å². The molecule has 0 radical (unpaired) electrons. The van der Waals surface area contributed by atoms with Crippen molar-refractivity contribution >= 4 is 5.69 Å². The van der Waals surface area contributed by atoms with E-state index in [1.54, 1.807) is 0 Å². The number of hydrogen-bond acceptors (Lipinski definition) is 2. The Morgan fingerprint density at radius 2 is 1.79 bits per heavy atom. The number of anilines is 1. The standard InChI is InChI=1S/C16H16FNO/c1-18-15-4-2-3-13(9-15)16(10-19-11-16)12-5-7-14(17)8-6-12/h2-9,18H,10-11H2,1H3. The molecule has 1 N–H and O–H groups in total. The highest BCUT2D eigenvalue weighted by Crippen LogP contribution is 2.39. The van der Waals surface area contributed by atoms with E-state index >= 15 is 0 Å². The van der Waals surface area contributed by atoms with E-state index in [0.29, 0.717) is 13.2 Å². The summed E-state index contributed by atoms with van der Waals surface area (Å²) in [7, 11) is 1.90. The lowest BCUT2D eigenvalue weighted by atomic mass is 9.73. The minimum Gasteiger partial charge on any atom is -0.388 e. The number of nitrogens with one attached hydrogen (secondary N) is 1. The molecule has 3 heteroatoms. The maximum atomic E-state index is 13.1. The summed E-state index contributed by atoms with van der Waals surface area (Å²) in [5.41, 5.74) is 3.25. The summed E-state index contributed by atoms with van der Waals surface area (Å²) >= 11 is 0. The van der Waals surface area contributed by atoms with Gasteiger partial charge in [0, 0.05) is 12.7 Å². The molecule has 19 heavy (non-hydrogen) atoms. The van der Waals surface area contributed by atoms with Gasteiger partial charge < -0.3 is 10.1 Å². The zero-order chi connectivity index (χ0) is 13.3. The first-order chi connectivity index (χ1) is 9.24. The van der Waals surface area contributed by atoms with E-state index in [4.69, 9.17) is 4.74 Å². The molecule has 1 heterocycles. The van der Waals surface area contributed by atoms with Crippen molar-refractivity contribution in [3.63, 3.8) is 0 Å². The fraction of sp³-hybridized carbons (Fsp3) is 0.250. The Morgan fingerprint density at radius 3 is 2.37 bits per heavy atom. The molecule has 0 spiro atoms. The Kier molecular flexibility index (Phi) is 2.99. The molecule has 0 aliphatic carbocycles. The molecule has 2 aromatic carbocycles. The molecule has 0 atom stereocenters. The van der Waals surface area contributed by atoms with Crippen molar-refractivity contribution in [1.82, 2.24) is 0 Å². The monoisotopic (exact) mass is 257 g/mol. The number of hydrogen-bond donors (Lipinski definition) is 1. The van der Waals surface area contributed by atoms with E-state index in [1.165, 1.54) is 17.7 Å². The number of ether oxygens (including phenoxy) is 1. The Bertz CT molecular complexity index is 576. The highest BCUT2D eigenvalue weighted by atomic mass is 19.1. The average molecular weight is 257 g/mol. The molecule has 0 amide bonds. The van der Waals surface area contributed by atoms with Gasteiger partial charge in [0.25, 0.3) is 0 Å². The predicted molar refractivity (Wildman–Crippen MR) is 74.0 cm³/mol. The van der Waals surface area contributed by atoms with Gasteiger partial charge in [-0.05, 0) is 35.4 Å². The summed E-state index contributed by atoms with van der Waals surface area (Å²) < 4.78 is 18.5. The quantitative estimate of drug-likeness (QED) is 0.911. The molecule has 1 saturated heterocycles. The van der Waals surface area contributed by atoms with Crippen LogP contribution in [-0.2, 0) is 10.2 Å². The van der Waals surface area contributed by atoms with Gasteiger partial charge in [0.2, 0.25) is 0 Å². The van der Waals surface area contributed by atoms with Crippen molar-refractivity contribution in [2.75, 3.05) is 25.6 Å². The fourth-order valence-corrected chi connectivity index (χ4v) is 2.55. The van der Waals surface area contributed by atoms with Crippen LogP contribution in [0.2, 0.25) is 0 Å². The maximum absolute atomic E-state index is 13.1. The van der Waals surface area contributed by atoms with Gasteiger partial charge in [-0.2, -0.15) is 0 Å². The van der Waals surface area contributed by atoms with Gasteiger partial charge in [-0.25, -0.2) is 4.39 Å². The molecule has 98 valence electrons. The van der Waals surface area contributed by atoms with E-state index in [-0.39, 0.29) is 11.2 Å². The molecular formula is C16H16FNO. The van der Waals surface area contributed by atoms with Crippen molar-refractivity contribution in [2.24, 2.45) is 0 Å². The number of halogens is 1. The first-order valence-electron chi connectivity index (χ1n) is 6.37. The topological polar surface area (TPSA) is 21.3 Å². The average Bonchev–Trinajstić information content (AvgIpc) is 2.40. The lowest BCUT2D eigenvalue weighted by Gasteiger charge is -2.42. The summed E-state index contributed by atoms with van der Waals surface area (Å²) in [6.07, 6.45) is 0. The van der Waals surface area contributed by atoms with Crippen LogP contribution in [0.1, 0.15) is 11.1 Å². The summed E-state index contributed by atoms with van der Waals surface area (Å²) in [5, 5.41) is 3.15. The second-order valence-electron chi connectivity index (χ2n) is 4.91. The van der Waals surface area contributed by atoms with Crippen LogP contribution in [0, 0.1) is 5.82 Å². The number of benzene rings is 2. The highest BCUT2D eigenvalue weighted by Gasteiger charge is 2.42. The highest BCUT2D eigenvalue weighted by molar-refractivity contribution is 5.51. The van der Waals surface area contributed by atoms with Crippen molar-refractivity contribution in [1.29, 1.82) is 0 Å². The normalized spacial score (nSPS) is 16.7. The lowest BCUT2D eigenvalue weighted by molar-refractivity contribution is -0.0379. The molecule has 3 rings (SSSR count). The second kappa shape index (κ2) is 4.67. The van der Waals surface area contributed by atoms with Crippen LogP contribution in [0.4, 0.5) is 10.1 Å². The van der Waals surface area contributed by atoms with Crippen molar-refractivity contribution in [3.8, 4) is 0 Å². The van der Waals surface area contributed by atoms with Crippen LogP contribution in [0.5, 0.6) is 0 Å². The zero-order valence-corrected chi connectivity index (χ0v) is 10.8. The van der Waals surface area contributed by atoms with Gasteiger partial charge >= 0.3 is 0 Å². The molecule has 0 aromatic heterocycles. The van der Waals surface area contributed by atoms with E-state index in [0.717, 1.165) is 11.3 Å². The SMILES string of the molecule is CNc1cccc(C2(c3ccc(F)cc3)COC2)c1. The van der Waals surface area contributed by atoms with Crippen LogP contribution in [0.3, 0.4) is 0 Å². The Hall–Kier alpha value is -1.87. The van der Waals surface area contributed by atoms with Gasteiger partial charge in [0.05, 0.1) is 18.6 Å². The smallest absolute Gasteiger partial charge is 0.123 e. The minimum atomic E-state index is -0.205. The van der Waals surface area contributed by atoms with E-state index in [1.807, 2.05) is 31.3 Å². The summed E-state index contributed by atoms with van der Waals surface area (Å²) in [4.78, 5) is 0. The minimum absolute atomic E-state index is 0.138. The maximum Gasteiger partial charge on any atom is 0.123 e. The first kappa shape index (κ1) is 12.2. The molecule has 1 aliphatic heterocycles.